The number of carbonyl (C=O) groups is 1. The van der Waals surface area contributed by atoms with E-state index in [-0.39, 0.29) is 5.91 Å². The molecule has 1 atom stereocenters. The van der Waals surface area contributed by atoms with Crippen LogP contribution in [-0.4, -0.2) is 37.6 Å². The molecule has 0 aromatic heterocycles. The molecule has 1 spiro atoms. The van der Waals surface area contributed by atoms with Crippen LogP contribution in [0.5, 0.6) is 0 Å². The quantitative estimate of drug-likeness (QED) is 0.715. The third-order valence-electron chi connectivity index (χ3n) is 5.15. The molecule has 1 saturated heterocycles. The minimum atomic E-state index is -0.472. The minimum Gasteiger partial charge on any atom is -0.385 e. The van der Waals surface area contributed by atoms with Gasteiger partial charge in [-0.15, -0.1) is 6.58 Å². The van der Waals surface area contributed by atoms with Crippen LogP contribution in [0.4, 0.5) is 0 Å². The first-order valence-electron chi connectivity index (χ1n) is 7.47. The highest BCUT2D eigenvalue weighted by Gasteiger charge is 2.44. The number of amides is 1. The molecule has 3 heteroatoms. The predicted molar refractivity (Wildman–Crippen MR) is 76.9 cm³/mol. The maximum absolute atomic E-state index is 12.7. The van der Waals surface area contributed by atoms with Gasteiger partial charge in [0.05, 0.1) is 5.41 Å². The highest BCUT2D eigenvalue weighted by molar-refractivity contribution is 5.84. The lowest BCUT2D eigenvalue weighted by Crippen LogP contribution is -2.41. The van der Waals surface area contributed by atoms with Crippen LogP contribution < -0.4 is 0 Å². The van der Waals surface area contributed by atoms with Gasteiger partial charge in [0, 0.05) is 26.8 Å². The third-order valence-corrected chi connectivity index (χ3v) is 5.15. The zero-order chi connectivity index (χ0) is 13.9. The van der Waals surface area contributed by atoms with E-state index in [0.29, 0.717) is 12.0 Å². The van der Waals surface area contributed by atoms with Crippen LogP contribution in [0, 0.1) is 10.8 Å². The fourth-order valence-corrected chi connectivity index (χ4v) is 3.61. The summed E-state index contributed by atoms with van der Waals surface area (Å²) in [5.41, 5.74) is -0.0286. The first-order valence-corrected chi connectivity index (χ1v) is 7.47. The third kappa shape index (κ3) is 2.86. The summed E-state index contributed by atoms with van der Waals surface area (Å²) >= 11 is 0. The van der Waals surface area contributed by atoms with Crippen LogP contribution >= 0.6 is 0 Å². The summed E-state index contributed by atoms with van der Waals surface area (Å²) in [4.78, 5) is 14.8. The number of hydrogen-bond acceptors (Lipinski definition) is 2. The van der Waals surface area contributed by atoms with Crippen molar-refractivity contribution in [3.05, 3.63) is 12.7 Å². The molecule has 0 N–H and O–H groups in total. The van der Waals surface area contributed by atoms with Gasteiger partial charge < -0.3 is 9.64 Å². The second-order valence-corrected chi connectivity index (χ2v) is 6.55. The van der Waals surface area contributed by atoms with Crippen molar-refractivity contribution >= 4 is 5.91 Å². The summed E-state index contributed by atoms with van der Waals surface area (Å²) in [5, 5.41) is 0. The summed E-state index contributed by atoms with van der Waals surface area (Å²) in [6, 6.07) is 0. The van der Waals surface area contributed by atoms with E-state index in [1.54, 1.807) is 13.2 Å². The lowest BCUT2D eigenvalue weighted by molar-refractivity contribution is -0.138. The maximum atomic E-state index is 12.7. The van der Waals surface area contributed by atoms with Gasteiger partial charge in [0.25, 0.3) is 0 Å². The summed E-state index contributed by atoms with van der Waals surface area (Å²) in [6.45, 7) is 8.34. The molecule has 2 rings (SSSR count). The Morgan fingerprint density at radius 3 is 2.68 bits per heavy atom. The molecule has 0 unspecified atom stereocenters. The molecule has 19 heavy (non-hydrogen) atoms. The molecule has 1 heterocycles. The monoisotopic (exact) mass is 265 g/mol. The molecule has 3 nitrogen and oxygen atoms in total. The van der Waals surface area contributed by atoms with Crippen molar-refractivity contribution in [2.75, 3.05) is 26.8 Å². The van der Waals surface area contributed by atoms with E-state index in [0.717, 1.165) is 19.5 Å². The fraction of sp³-hybridized carbons (Fsp3) is 0.812. The number of nitrogens with zero attached hydrogens (tertiary/aromatic N) is 1. The molecule has 2 fully saturated rings. The Morgan fingerprint density at radius 1 is 1.42 bits per heavy atom. The predicted octanol–water partition coefficient (Wildman–Crippen LogP) is 3.01. The second-order valence-electron chi connectivity index (χ2n) is 6.55. The van der Waals surface area contributed by atoms with E-state index >= 15 is 0 Å². The topological polar surface area (TPSA) is 29.5 Å². The van der Waals surface area contributed by atoms with Crippen LogP contribution in [-0.2, 0) is 9.53 Å². The molecule has 0 aromatic carbocycles. The largest absolute Gasteiger partial charge is 0.385 e. The van der Waals surface area contributed by atoms with Gasteiger partial charge in [-0.25, -0.2) is 0 Å². The standard InChI is InChI=1S/C16H27NO2/c1-4-15(2,10-12-19-3)14(18)17-11-9-16(13-17)7-5-6-8-16/h4H,1,5-13H2,2-3H3/t15-/m0/s1. The Labute approximate surface area is 117 Å². The Hall–Kier alpha value is -0.830. The zero-order valence-corrected chi connectivity index (χ0v) is 12.4. The Morgan fingerprint density at radius 2 is 2.11 bits per heavy atom. The van der Waals surface area contributed by atoms with E-state index in [2.05, 4.69) is 11.5 Å². The lowest BCUT2D eigenvalue weighted by Gasteiger charge is -2.31. The van der Waals surface area contributed by atoms with Crippen LogP contribution in [0.15, 0.2) is 12.7 Å². The van der Waals surface area contributed by atoms with Gasteiger partial charge in [-0.1, -0.05) is 18.9 Å². The zero-order valence-electron chi connectivity index (χ0n) is 12.4. The summed E-state index contributed by atoms with van der Waals surface area (Å²) < 4.78 is 5.13. The van der Waals surface area contributed by atoms with Crippen molar-refractivity contribution in [1.82, 2.24) is 4.90 Å². The minimum absolute atomic E-state index is 0.239. The van der Waals surface area contributed by atoms with Crippen molar-refractivity contribution in [1.29, 1.82) is 0 Å². The summed E-state index contributed by atoms with van der Waals surface area (Å²) in [6.07, 6.45) is 8.99. The average Bonchev–Trinajstić information content (AvgIpc) is 3.06. The van der Waals surface area contributed by atoms with Gasteiger partial charge >= 0.3 is 0 Å². The molecule has 0 bridgehead atoms. The molecular weight excluding hydrogens is 238 g/mol. The van der Waals surface area contributed by atoms with Crippen LogP contribution in [0.1, 0.15) is 45.4 Å². The van der Waals surface area contributed by atoms with E-state index in [1.807, 2.05) is 6.92 Å². The smallest absolute Gasteiger partial charge is 0.232 e. The van der Waals surface area contributed by atoms with Gasteiger partial charge in [0.1, 0.15) is 0 Å². The van der Waals surface area contributed by atoms with Crippen molar-refractivity contribution in [2.45, 2.75) is 45.4 Å². The fourth-order valence-electron chi connectivity index (χ4n) is 3.61. The molecule has 1 saturated carbocycles. The first kappa shape index (κ1) is 14.6. The summed E-state index contributed by atoms with van der Waals surface area (Å²) in [7, 11) is 1.68. The van der Waals surface area contributed by atoms with Gasteiger partial charge in [-0.05, 0) is 38.0 Å². The van der Waals surface area contributed by atoms with E-state index in [1.165, 1.54) is 32.1 Å². The Balaban J connectivity index is 2.01. The number of rotatable bonds is 5. The van der Waals surface area contributed by atoms with Crippen molar-refractivity contribution in [3.63, 3.8) is 0 Å². The summed E-state index contributed by atoms with van der Waals surface area (Å²) in [5.74, 6) is 0.239. The normalized spacial score (nSPS) is 24.6. The SMILES string of the molecule is C=C[C@@](C)(CCOC)C(=O)N1CCC2(CCCC2)C1. The Kier molecular flexibility index (Phi) is 4.34. The molecule has 0 radical (unpaired) electrons. The van der Waals surface area contributed by atoms with Crippen LogP contribution in [0.3, 0.4) is 0 Å². The molecule has 1 amide bonds. The molecule has 108 valence electrons. The molecule has 1 aliphatic heterocycles. The first-order chi connectivity index (χ1) is 9.05. The highest BCUT2D eigenvalue weighted by Crippen LogP contribution is 2.46. The van der Waals surface area contributed by atoms with Crippen LogP contribution in [0.25, 0.3) is 0 Å². The van der Waals surface area contributed by atoms with Gasteiger partial charge in [-0.2, -0.15) is 0 Å². The number of carbonyl (C=O) groups excluding carboxylic acids is 1. The van der Waals surface area contributed by atoms with Gasteiger partial charge in [0.15, 0.2) is 0 Å². The Bertz CT molecular complexity index is 347. The number of hydrogen-bond donors (Lipinski definition) is 0. The molecule has 2 aliphatic rings. The van der Waals surface area contributed by atoms with E-state index in [4.69, 9.17) is 4.74 Å². The van der Waals surface area contributed by atoms with Crippen LogP contribution in [0.2, 0.25) is 0 Å². The maximum Gasteiger partial charge on any atom is 0.232 e. The average molecular weight is 265 g/mol. The van der Waals surface area contributed by atoms with Crippen molar-refractivity contribution in [3.8, 4) is 0 Å². The molecular formula is C16H27NO2. The molecule has 0 aromatic rings. The van der Waals surface area contributed by atoms with E-state index in [9.17, 15) is 4.79 Å². The number of likely N-dealkylation sites (tertiary alicyclic amines) is 1. The van der Waals surface area contributed by atoms with Gasteiger partial charge in [-0.3, -0.25) is 4.79 Å². The van der Waals surface area contributed by atoms with Crippen molar-refractivity contribution in [2.24, 2.45) is 10.8 Å². The van der Waals surface area contributed by atoms with E-state index < -0.39 is 5.41 Å². The highest BCUT2D eigenvalue weighted by atomic mass is 16.5. The number of methoxy groups -OCH3 is 1. The number of ether oxygens (including phenoxy) is 1. The molecule has 1 aliphatic carbocycles. The lowest BCUT2D eigenvalue weighted by atomic mass is 9.84. The van der Waals surface area contributed by atoms with Crippen molar-refractivity contribution < 1.29 is 9.53 Å². The second kappa shape index (κ2) is 5.66. The van der Waals surface area contributed by atoms with Gasteiger partial charge in [0.2, 0.25) is 5.91 Å².